The van der Waals surface area contributed by atoms with Gasteiger partial charge in [0.15, 0.2) is 5.82 Å². The molecule has 0 atom stereocenters. The minimum absolute atomic E-state index is 0.693. The predicted octanol–water partition coefficient (Wildman–Crippen LogP) is 2.51. The molecule has 0 spiro atoms. The first-order chi connectivity index (χ1) is 9.16. The minimum Gasteiger partial charge on any atom is -0.380 e. The molecule has 0 saturated heterocycles. The molecule has 0 saturated carbocycles. The summed E-state index contributed by atoms with van der Waals surface area (Å²) < 4.78 is 7.41. The standard InChI is InChI=1S/C14H22N4O/c1-11(2)4-8-19-9-6-16-14-13-10-12(3)17-18(13)7-5-15-14/h5,7,10-11H,4,6,8-9H2,1-3H3,(H,15,16). The third kappa shape index (κ3) is 3.92. The molecule has 1 N–H and O–H groups in total. The number of ether oxygens (including phenoxy) is 1. The van der Waals surface area contributed by atoms with Gasteiger partial charge in [-0.25, -0.2) is 9.50 Å². The molecule has 2 aromatic rings. The van der Waals surface area contributed by atoms with E-state index in [0.717, 1.165) is 36.6 Å². The zero-order chi connectivity index (χ0) is 13.7. The van der Waals surface area contributed by atoms with Gasteiger partial charge in [0.2, 0.25) is 0 Å². The van der Waals surface area contributed by atoms with Gasteiger partial charge in [-0.3, -0.25) is 0 Å². The second-order valence-corrected chi connectivity index (χ2v) is 5.11. The number of nitrogens with zero attached hydrogens (tertiary/aromatic N) is 3. The summed E-state index contributed by atoms with van der Waals surface area (Å²) in [5.41, 5.74) is 1.99. The van der Waals surface area contributed by atoms with Crippen molar-refractivity contribution >= 4 is 11.3 Å². The highest BCUT2D eigenvalue weighted by molar-refractivity contribution is 5.67. The Bertz CT molecular complexity index is 521. The van der Waals surface area contributed by atoms with E-state index in [1.807, 2.05) is 23.7 Å². The minimum atomic E-state index is 0.693. The van der Waals surface area contributed by atoms with Crippen molar-refractivity contribution in [3.05, 3.63) is 24.2 Å². The van der Waals surface area contributed by atoms with E-state index in [2.05, 4.69) is 29.2 Å². The van der Waals surface area contributed by atoms with Gasteiger partial charge in [0.05, 0.1) is 12.3 Å². The third-order valence-corrected chi connectivity index (χ3v) is 2.89. The fourth-order valence-electron chi connectivity index (χ4n) is 1.84. The molecule has 2 aromatic heterocycles. The summed E-state index contributed by atoms with van der Waals surface area (Å²) in [7, 11) is 0. The number of anilines is 1. The molecule has 0 bridgehead atoms. The highest BCUT2D eigenvalue weighted by Gasteiger charge is 2.04. The first kappa shape index (κ1) is 13.8. The van der Waals surface area contributed by atoms with Crippen LogP contribution in [0.1, 0.15) is 26.0 Å². The summed E-state index contributed by atoms with van der Waals surface area (Å²) >= 11 is 0. The number of aromatic nitrogens is 3. The van der Waals surface area contributed by atoms with Crippen LogP contribution in [-0.4, -0.2) is 34.4 Å². The molecular formula is C14H22N4O. The Morgan fingerprint density at radius 1 is 1.37 bits per heavy atom. The zero-order valence-corrected chi connectivity index (χ0v) is 11.9. The third-order valence-electron chi connectivity index (χ3n) is 2.89. The normalized spacial score (nSPS) is 11.4. The Labute approximate surface area is 114 Å². The van der Waals surface area contributed by atoms with Gasteiger partial charge in [-0.2, -0.15) is 5.10 Å². The van der Waals surface area contributed by atoms with E-state index in [1.54, 1.807) is 6.20 Å². The monoisotopic (exact) mass is 262 g/mol. The number of rotatable bonds is 7. The van der Waals surface area contributed by atoms with Gasteiger partial charge in [0.1, 0.15) is 5.52 Å². The first-order valence-electron chi connectivity index (χ1n) is 6.79. The van der Waals surface area contributed by atoms with E-state index in [4.69, 9.17) is 4.74 Å². The zero-order valence-electron chi connectivity index (χ0n) is 11.9. The predicted molar refractivity (Wildman–Crippen MR) is 76.5 cm³/mol. The number of fused-ring (bicyclic) bond motifs is 1. The van der Waals surface area contributed by atoms with Crippen molar-refractivity contribution in [1.82, 2.24) is 14.6 Å². The van der Waals surface area contributed by atoms with Crippen molar-refractivity contribution in [3.8, 4) is 0 Å². The molecule has 5 nitrogen and oxygen atoms in total. The summed E-state index contributed by atoms with van der Waals surface area (Å²) in [6, 6.07) is 2.02. The average Bonchev–Trinajstić information content (AvgIpc) is 2.74. The molecule has 0 fully saturated rings. The van der Waals surface area contributed by atoms with Gasteiger partial charge in [-0.1, -0.05) is 13.8 Å². The smallest absolute Gasteiger partial charge is 0.152 e. The molecule has 19 heavy (non-hydrogen) atoms. The van der Waals surface area contributed by atoms with Gasteiger partial charge in [0.25, 0.3) is 0 Å². The largest absolute Gasteiger partial charge is 0.380 e. The maximum Gasteiger partial charge on any atom is 0.152 e. The lowest BCUT2D eigenvalue weighted by molar-refractivity contribution is 0.132. The molecule has 2 rings (SSSR count). The quantitative estimate of drug-likeness (QED) is 0.779. The van der Waals surface area contributed by atoms with Crippen LogP contribution in [0.5, 0.6) is 0 Å². The lowest BCUT2D eigenvalue weighted by Gasteiger charge is -2.08. The van der Waals surface area contributed by atoms with Crippen LogP contribution in [0.2, 0.25) is 0 Å². The van der Waals surface area contributed by atoms with Crippen molar-refractivity contribution in [3.63, 3.8) is 0 Å². The van der Waals surface area contributed by atoms with Crippen LogP contribution in [0.15, 0.2) is 18.5 Å². The SMILES string of the molecule is Cc1cc2c(NCCOCCC(C)C)nccn2n1. The van der Waals surface area contributed by atoms with Gasteiger partial charge in [-0.05, 0) is 25.3 Å². The van der Waals surface area contributed by atoms with E-state index in [1.165, 1.54) is 0 Å². The Balaban J connectivity index is 1.81. The molecular weight excluding hydrogens is 240 g/mol. The summed E-state index contributed by atoms with van der Waals surface area (Å²) in [4.78, 5) is 4.34. The maximum atomic E-state index is 5.57. The van der Waals surface area contributed by atoms with E-state index in [9.17, 15) is 0 Å². The number of hydrogen-bond acceptors (Lipinski definition) is 4. The van der Waals surface area contributed by atoms with Crippen LogP contribution in [-0.2, 0) is 4.74 Å². The molecule has 104 valence electrons. The fraction of sp³-hybridized carbons (Fsp3) is 0.571. The number of aryl methyl sites for hydroxylation is 1. The summed E-state index contributed by atoms with van der Waals surface area (Å²) in [6.45, 7) is 8.66. The van der Waals surface area contributed by atoms with Crippen LogP contribution in [0.4, 0.5) is 5.82 Å². The Hall–Kier alpha value is -1.62. The fourth-order valence-corrected chi connectivity index (χ4v) is 1.84. The van der Waals surface area contributed by atoms with Crippen molar-refractivity contribution in [2.24, 2.45) is 5.92 Å². The molecule has 0 aliphatic heterocycles. The second kappa shape index (κ2) is 6.52. The highest BCUT2D eigenvalue weighted by Crippen LogP contribution is 2.14. The van der Waals surface area contributed by atoms with Gasteiger partial charge in [-0.15, -0.1) is 0 Å². The van der Waals surface area contributed by atoms with Crippen LogP contribution < -0.4 is 5.32 Å². The van der Waals surface area contributed by atoms with Gasteiger partial charge < -0.3 is 10.1 Å². The summed E-state index contributed by atoms with van der Waals surface area (Å²) in [5, 5.41) is 7.65. The first-order valence-corrected chi connectivity index (χ1v) is 6.79. The molecule has 0 amide bonds. The lowest BCUT2D eigenvalue weighted by Crippen LogP contribution is -2.12. The van der Waals surface area contributed by atoms with Crippen LogP contribution in [0.25, 0.3) is 5.52 Å². The van der Waals surface area contributed by atoms with E-state index in [0.29, 0.717) is 12.5 Å². The molecule has 0 aromatic carbocycles. The molecule has 2 heterocycles. The Morgan fingerprint density at radius 3 is 3.00 bits per heavy atom. The summed E-state index contributed by atoms with van der Waals surface area (Å²) in [6.07, 6.45) is 4.71. The average molecular weight is 262 g/mol. The van der Waals surface area contributed by atoms with Crippen LogP contribution in [0.3, 0.4) is 0 Å². The topological polar surface area (TPSA) is 51.5 Å². The highest BCUT2D eigenvalue weighted by atomic mass is 16.5. The van der Waals surface area contributed by atoms with Crippen molar-refractivity contribution < 1.29 is 4.74 Å². The Kier molecular flexibility index (Phi) is 4.74. The van der Waals surface area contributed by atoms with Gasteiger partial charge >= 0.3 is 0 Å². The molecule has 0 aliphatic rings. The van der Waals surface area contributed by atoms with E-state index >= 15 is 0 Å². The lowest BCUT2D eigenvalue weighted by atomic mass is 10.1. The van der Waals surface area contributed by atoms with Crippen molar-refractivity contribution in [2.45, 2.75) is 27.2 Å². The second-order valence-electron chi connectivity index (χ2n) is 5.11. The molecule has 5 heteroatoms. The number of hydrogen-bond donors (Lipinski definition) is 1. The van der Waals surface area contributed by atoms with Crippen molar-refractivity contribution in [1.29, 1.82) is 0 Å². The molecule has 0 unspecified atom stereocenters. The Morgan fingerprint density at radius 2 is 2.21 bits per heavy atom. The molecule has 0 aliphatic carbocycles. The van der Waals surface area contributed by atoms with E-state index < -0.39 is 0 Å². The van der Waals surface area contributed by atoms with Crippen LogP contribution in [0, 0.1) is 12.8 Å². The van der Waals surface area contributed by atoms with Crippen molar-refractivity contribution in [2.75, 3.05) is 25.1 Å². The maximum absolute atomic E-state index is 5.57. The van der Waals surface area contributed by atoms with E-state index in [-0.39, 0.29) is 0 Å². The summed E-state index contributed by atoms with van der Waals surface area (Å²) in [5.74, 6) is 1.55. The molecule has 0 radical (unpaired) electrons. The van der Waals surface area contributed by atoms with Crippen LogP contribution >= 0.6 is 0 Å². The van der Waals surface area contributed by atoms with Gasteiger partial charge in [0, 0.05) is 25.5 Å². The number of nitrogens with one attached hydrogen (secondary N) is 1.